The van der Waals surface area contributed by atoms with Crippen LogP contribution in [0.25, 0.3) is 6.08 Å². The summed E-state index contributed by atoms with van der Waals surface area (Å²) in [4.78, 5) is 16.9. The van der Waals surface area contributed by atoms with E-state index in [1.807, 2.05) is 25.1 Å². The highest BCUT2D eigenvalue weighted by Gasteiger charge is 2.23. The Bertz CT molecular complexity index is 845. The number of carbonyl (C=O) groups excluding carboxylic acids is 1. The van der Waals surface area contributed by atoms with Crippen molar-refractivity contribution in [3.05, 3.63) is 64.3 Å². The highest BCUT2D eigenvalue weighted by atomic mass is 32.2. The number of benzene rings is 2. The third-order valence-corrected chi connectivity index (χ3v) is 4.33. The minimum atomic E-state index is -0.322. The number of thioether (sulfide) groups is 1. The van der Waals surface area contributed by atoms with Gasteiger partial charge >= 0.3 is 0 Å². The fraction of sp³-hybridized carbons (Fsp3) is 0.111. The molecule has 0 radical (unpaired) electrons. The van der Waals surface area contributed by atoms with Crippen LogP contribution in [-0.2, 0) is 4.79 Å². The monoisotopic (exact) mass is 342 g/mol. The Hall–Kier alpha value is -2.60. The first kappa shape index (κ1) is 16.3. The third kappa shape index (κ3) is 3.65. The van der Waals surface area contributed by atoms with Gasteiger partial charge in [-0.3, -0.25) is 4.79 Å². The summed E-state index contributed by atoms with van der Waals surface area (Å²) >= 11 is 1.25. The number of carbonyl (C=O) groups is 1. The quantitative estimate of drug-likeness (QED) is 0.857. The number of hydrogen-bond donors (Lipinski definition) is 1. The van der Waals surface area contributed by atoms with E-state index in [1.165, 1.54) is 23.9 Å². The molecule has 1 heterocycles. The second-order valence-electron chi connectivity index (χ2n) is 5.19. The van der Waals surface area contributed by atoms with Crippen molar-refractivity contribution in [2.75, 3.05) is 7.11 Å². The number of amidine groups is 1. The second-order valence-corrected chi connectivity index (χ2v) is 6.22. The average molecular weight is 342 g/mol. The summed E-state index contributed by atoms with van der Waals surface area (Å²) in [5, 5.41) is 3.19. The Morgan fingerprint density at radius 3 is 2.62 bits per heavy atom. The zero-order valence-corrected chi connectivity index (χ0v) is 14.0. The Kier molecular flexibility index (Phi) is 4.66. The summed E-state index contributed by atoms with van der Waals surface area (Å²) < 4.78 is 18.1. The van der Waals surface area contributed by atoms with Crippen molar-refractivity contribution in [3.8, 4) is 5.75 Å². The maximum Gasteiger partial charge on any atom is 0.264 e. The maximum absolute atomic E-state index is 12.9. The van der Waals surface area contributed by atoms with E-state index >= 15 is 0 Å². The molecule has 122 valence electrons. The smallest absolute Gasteiger partial charge is 0.264 e. The molecule has 0 atom stereocenters. The Balaban J connectivity index is 1.81. The number of ether oxygens (including phenoxy) is 1. The topological polar surface area (TPSA) is 50.7 Å². The molecular weight excluding hydrogens is 327 g/mol. The van der Waals surface area contributed by atoms with E-state index in [0.717, 1.165) is 16.9 Å². The van der Waals surface area contributed by atoms with Gasteiger partial charge in [-0.1, -0.05) is 6.07 Å². The van der Waals surface area contributed by atoms with E-state index in [9.17, 15) is 9.18 Å². The SMILES string of the molecule is COc1ccc(/C=C2/SC(=Nc3ccc(F)cc3)NC2=O)cc1C. The minimum Gasteiger partial charge on any atom is -0.496 e. The molecular formula is C18H15FN2O2S. The van der Waals surface area contributed by atoms with Crippen molar-refractivity contribution in [1.29, 1.82) is 0 Å². The molecule has 1 amide bonds. The fourth-order valence-electron chi connectivity index (χ4n) is 2.26. The van der Waals surface area contributed by atoms with Gasteiger partial charge in [0.2, 0.25) is 0 Å². The molecule has 24 heavy (non-hydrogen) atoms. The molecule has 2 aromatic carbocycles. The minimum absolute atomic E-state index is 0.200. The predicted molar refractivity (Wildman–Crippen MR) is 94.9 cm³/mol. The Labute approximate surface area is 143 Å². The molecule has 0 aromatic heterocycles. The average Bonchev–Trinajstić information content (AvgIpc) is 2.89. The molecule has 1 saturated heterocycles. The van der Waals surface area contributed by atoms with Crippen LogP contribution in [0.3, 0.4) is 0 Å². The van der Waals surface area contributed by atoms with Gasteiger partial charge in [0.25, 0.3) is 5.91 Å². The van der Waals surface area contributed by atoms with Gasteiger partial charge in [-0.15, -0.1) is 0 Å². The van der Waals surface area contributed by atoms with Crippen molar-refractivity contribution in [3.63, 3.8) is 0 Å². The lowest BCUT2D eigenvalue weighted by Gasteiger charge is -2.04. The van der Waals surface area contributed by atoms with Crippen LogP contribution in [0.2, 0.25) is 0 Å². The van der Waals surface area contributed by atoms with Crippen LogP contribution in [0.5, 0.6) is 5.75 Å². The summed E-state index contributed by atoms with van der Waals surface area (Å²) in [5.74, 6) is 0.283. The number of amides is 1. The van der Waals surface area contributed by atoms with E-state index in [2.05, 4.69) is 10.3 Å². The highest BCUT2D eigenvalue weighted by Crippen LogP contribution is 2.29. The fourth-order valence-corrected chi connectivity index (χ4v) is 3.10. The molecule has 1 N–H and O–H groups in total. The van der Waals surface area contributed by atoms with Crippen LogP contribution in [0.15, 0.2) is 52.4 Å². The zero-order chi connectivity index (χ0) is 17.1. The lowest BCUT2D eigenvalue weighted by Crippen LogP contribution is -2.19. The van der Waals surface area contributed by atoms with E-state index in [-0.39, 0.29) is 11.7 Å². The van der Waals surface area contributed by atoms with Crippen molar-refractivity contribution in [2.24, 2.45) is 4.99 Å². The number of rotatable bonds is 3. The van der Waals surface area contributed by atoms with Gasteiger partial charge in [0, 0.05) is 0 Å². The van der Waals surface area contributed by atoms with E-state index in [1.54, 1.807) is 25.3 Å². The Morgan fingerprint density at radius 2 is 1.96 bits per heavy atom. The third-order valence-electron chi connectivity index (χ3n) is 3.42. The number of nitrogens with one attached hydrogen (secondary N) is 1. The summed E-state index contributed by atoms with van der Waals surface area (Å²) in [6.07, 6.45) is 1.81. The van der Waals surface area contributed by atoms with Crippen LogP contribution in [-0.4, -0.2) is 18.2 Å². The maximum atomic E-state index is 12.9. The van der Waals surface area contributed by atoms with Crippen LogP contribution in [0, 0.1) is 12.7 Å². The van der Waals surface area contributed by atoms with E-state index in [4.69, 9.17) is 4.74 Å². The molecule has 4 nitrogen and oxygen atoms in total. The van der Waals surface area contributed by atoms with Crippen molar-refractivity contribution in [1.82, 2.24) is 5.32 Å². The standard InChI is InChI=1S/C18H15FN2O2S/c1-11-9-12(3-8-15(11)23-2)10-16-17(22)21-18(24-16)20-14-6-4-13(19)5-7-14/h3-10H,1-2H3,(H,20,21,22)/b16-10+. The van der Waals surface area contributed by atoms with Gasteiger partial charge in [-0.05, 0) is 72.3 Å². The summed E-state index contributed by atoms with van der Waals surface area (Å²) in [7, 11) is 1.62. The van der Waals surface area contributed by atoms with Gasteiger partial charge in [0.05, 0.1) is 17.7 Å². The first-order chi connectivity index (χ1) is 11.5. The van der Waals surface area contributed by atoms with Gasteiger partial charge in [0.15, 0.2) is 5.17 Å². The number of methoxy groups -OCH3 is 1. The van der Waals surface area contributed by atoms with Crippen molar-refractivity contribution in [2.45, 2.75) is 6.92 Å². The van der Waals surface area contributed by atoms with Crippen molar-refractivity contribution >= 4 is 34.6 Å². The molecule has 6 heteroatoms. The Morgan fingerprint density at radius 1 is 1.21 bits per heavy atom. The molecule has 0 saturated carbocycles. The van der Waals surface area contributed by atoms with E-state index in [0.29, 0.717) is 15.8 Å². The first-order valence-electron chi connectivity index (χ1n) is 7.25. The van der Waals surface area contributed by atoms with Crippen LogP contribution in [0.4, 0.5) is 10.1 Å². The number of aryl methyl sites for hydroxylation is 1. The summed E-state index contributed by atoms with van der Waals surface area (Å²) in [5.41, 5.74) is 2.49. The van der Waals surface area contributed by atoms with Crippen molar-refractivity contribution < 1.29 is 13.9 Å². The van der Waals surface area contributed by atoms with Gasteiger partial charge in [-0.25, -0.2) is 9.38 Å². The van der Waals surface area contributed by atoms with Crippen LogP contribution < -0.4 is 10.1 Å². The lowest BCUT2D eigenvalue weighted by atomic mass is 10.1. The molecule has 1 aliphatic rings. The number of hydrogen-bond acceptors (Lipinski definition) is 4. The molecule has 3 rings (SSSR count). The van der Waals surface area contributed by atoms with Gasteiger partial charge < -0.3 is 10.1 Å². The highest BCUT2D eigenvalue weighted by molar-refractivity contribution is 8.18. The predicted octanol–water partition coefficient (Wildman–Crippen LogP) is 4.03. The molecule has 0 unspecified atom stereocenters. The molecule has 0 aliphatic carbocycles. The molecule has 2 aromatic rings. The molecule has 0 spiro atoms. The number of nitrogens with zero attached hydrogens (tertiary/aromatic N) is 1. The van der Waals surface area contributed by atoms with Gasteiger partial charge in [-0.2, -0.15) is 0 Å². The molecule has 1 aliphatic heterocycles. The van der Waals surface area contributed by atoms with Crippen LogP contribution in [0.1, 0.15) is 11.1 Å². The zero-order valence-electron chi connectivity index (χ0n) is 13.2. The number of halogens is 1. The lowest BCUT2D eigenvalue weighted by molar-refractivity contribution is -0.115. The van der Waals surface area contributed by atoms with Gasteiger partial charge in [0.1, 0.15) is 11.6 Å². The molecule has 1 fully saturated rings. The normalized spacial score (nSPS) is 17.4. The summed E-state index contributed by atoms with van der Waals surface area (Å²) in [6.45, 7) is 1.95. The first-order valence-corrected chi connectivity index (χ1v) is 8.06. The molecule has 0 bridgehead atoms. The van der Waals surface area contributed by atoms with E-state index < -0.39 is 0 Å². The second kappa shape index (κ2) is 6.88. The largest absolute Gasteiger partial charge is 0.496 e. The van der Waals surface area contributed by atoms with Crippen LogP contribution >= 0.6 is 11.8 Å². The summed E-state index contributed by atoms with van der Waals surface area (Å²) in [6, 6.07) is 11.5. The number of aliphatic imine (C=N–C) groups is 1.